The van der Waals surface area contributed by atoms with E-state index < -0.39 is 28.9 Å². The van der Waals surface area contributed by atoms with Crippen LogP contribution in [0, 0.1) is 24.4 Å². The van der Waals surface area contributed by atoms with Gasteiger partial charge in [-0.1, -0.05) is 0 Å². The van der Waals surface area contributed by atoms with Gasteiger partial charge in [0.15, 0.2) is 17.5 Å². The Kier molecular flexibility index (Phi) is 5.29. The van der Waals surface area contributed by atoms with Gasteiger partial charge in [0.2, 0.25) is 5.95 Å². The molecule has 0 saturated carbocycles. The zero-order valence-corrected chi connectivity index (χ0v) is 16.2. The highest BCUT2D eigenvalue weighted by Crippen LogP contribution is 2.23. The molecule has 2 aromatic rings. The lowest BCUT2D eigenvalue weighted by Gasteiger charge is -2.35. The first-order chi connectivity index (χ1) is 13.9. The number of anilines is 2. The molecule has 154 valence electrons. The van der Waals surface area contributed by atoms with E-state index in [2.05, 4.69) is 14.9 Å². The molecular weight excluding hydrogens is 383 g/mol. The maximum absolute atomic E-state index is 13.9. The molecule has 0 bridgehead atoms. The van der Waals surface area contributed by atoms with Crippen molar-refractivity contribution in [3.8, 4) is 0 Å². The van der Waals surface area contributed by atoms with Gasteiger partial charge in [-0.2, -0.15) is 4.98 Å². The first kappa shape index (κ1) is 19.5. The van der Waals surface area contributed by atoms with E-state index in [1.807, 2.05) is 17.9 Å². The van der Waals surface area contributed by atoms with Crippen LogP contribution >= 0.6 is 0 Å². The van der Waals surface area contributed by atoms with Crippen LogP contribution in [0.5, 0.6) is 0 Å². The molecule has 29 heavy (non-hydrogen) atoms. The number of nitrogens with zero attached hydrogens (tertiary/aromatic N) is 5. The summed E-state index contributed by atoms with van der Waals surface area (Å²) >= 11 is 0. The fraction of sp³-hybridized carbons (Fsp3) is 0.450. The molecule has 3 heterocycles. The molecule has 2 aliphatic heterocycles. The van der Waals surface area contributed by atoms with Crippen LogP contribution in [0.2, 0.25) is 0 Å². The Morgan fingerprint density at radius 1 is 0.897 bits per heavy atom. The van der Waals surface area contributed by atoms with Crippen molar-refractivity contribution in [1.29, 1.82) is 0 Å². The minimum Gasteiger partial charge on any atom is -0.356 e. The fourth-order valence-corrected chi connectivity index (χ4v) is 3.76. The van der Waals surface area contributed by atoms with E-state index in [1.54, 1.807) is 0 Å². The van der Waals surface area contributed by atoms with Gasteiger partial charge >= 0.3 is 0 Å². The molecule has 0 unspecified atom stereocenters. The Hall–Kier alpha value is -2.84. The van der Waals surface area contributed by atoms with E-state index in [9.17, 15) is 18.0 Å². The smallest absolute Gasteiger partial charge is 0.257 e. The summed E-state index contributed by atoms with van der Waals surface area (Å²) in [7, 11) is 0. The highest BCUT2D eigenvalue weighted by atomic mass is 19.2. The molecule has 2 aliphatic rings. The molecule has 1 aromatic heterocycles. The topological polar surface area (TPSA) is 52.6 Å². The van der Waals surface area contributed by atoms with Gasteiger partial charge in [0, 0.05) is 51.0 Å². The van der Waals surface area contributed by atoms with Crippen molar-refractivity contribution >= 4 is 17.7 Å². The molecule has 0 radical (unpaired) electrons. The van der Waals surface area contributed by atoms with E-state index in [4.69, 9.17) is 0 Å². The van der Waals surface area contributed by atoms with Crippen LogP contribution in [-0.2, 0) is 0 Å². The van der Waals surface area contributed by atoms with Crippen LogP contribution in [-0.4, -0.2) is 60.0 Å². The van der Waals surface area contributed by atoms with Crippen LogP contribution in [0.25, 0.3) is 0 Å². The number of piperazine rings is 1. The number of rotatable bonds is 3. The molecule has 4 rings (SSSR count). The van der Waals surface area contributed by atoms with Gasteiger partial charge in [-0.15, -0.1) is 0 Å². The minimum absolute atomic E-state index is 0.313. The lowest BCUT2D eigenvalue weighted by molar-refractivity contribution is 0.0740. The van der Waals surface area contributed by atoms with Crippen molar-refractivity contribution in [3.63, 3.8) is 0 Å². The predicted molar refractivity (Wildman–Crippen MR) is 103 cm³/mol. The molecular formula is C20H22F3N5O. The van der Waals surface area contributed by atoms with Crippen molar-refractivity contribution in [3.05, 3.63) is 46.9 Å². The summed E-state index contributed by atoms with van der Waals surface area (Å²) in [5.74, 6) is -3.52. The second kappa shape index (κ2) is 7.88. The third kappa shape index (κ3) is 3.86. The summed E-state index contributed by atoms with van der Waals surface area (Å²) in [6, 6.07) is 3.72. The van der Waals surface area contributed by atoms with Crippen LogP contribution in [0.3, 0.4) is 0 Å². The van der Waals surface area contributed by atoms with Gasteiger partial charge in [0.05, 0.1) is 5.56 Å². The summed E-state index contributed by atoms with van der Waals surface area (Å²) in [6.45, 7) is 5.47. The Morgan fingerprint density at radius 3 is 2.28 bits per heavy atom. The standard InChI is InChI=1S/C20H22F3N5O/c1-13-12-16(26-6-2-3-7-26)25-20(24-13)28-10-8-27(9-11-28)19(29)14-4-5-15(21)18(23)17(14)22/h4-5,12H,2-3,6-11H2,1H3. The first-order valence-corrected chi connectivity index (χ1v) is 9.72. The van der Waals surface area contributed by atoms with Gasteiger partial charge < -0.3 is 14.7 Å². The maximum Gasteiger partial charge on any atom is 0.257 e. The van der Waals surface area contributed by atoms with Crippen LogP contribution < -0.4 is 9.80 Å². The molecule has 2 saturated heterocycles. The lowest BCUT2D eigenvalue weighted by Crippen LogP contribution is -2.49. The third-order valence-electron chi connectivity index (χ3n) is 5.37. The van der Waals surface area contributed by atoms with E-state index in [0.717, 1.165) is 49.6 Å². The minimum atomic E-state index is -1.63. The molecule has 1 amide bonds. The number of aryl methyl sites for hydroxylation is 1. The second-order valence-corrected chi connectivity index (χ2v) is 7.36. The summed E-state index contributed by atoms with van der Waals surface area (Å²) < 4.78 is 40.5. The first-order valence-electron chi connectivity index (χ1n) is 9.72. The number of aromatic nitrogens is 2. The number of hydrogen-bond donors (Lipinski definition) is 0. The highest BCUT2D eigenvalue weighted by molar-refractivity contribution is 5.94. The normalized spacial score (nSPS) is 17.2. The second-order valence-electron chi connectivity index (χ2n) is 7.36. The molecule has 9 heteroatoms. The van der Waals surface area contributed by atoms with Crippen molar-refractivity contribution < 1.29 is 18.0 Å². The van der Waals surface area contributed by atoms with Gasteiger partial charge in [-0.25, -0.2) is 18.2 Å². The molecule has 0 atom stereocenters. The quantitative estimate of drug-likeness (QED) is 0.735. The number of hydrogen-bond acceptors (Lipinski definition) is 5. The van der Waals surface area contributed by atoms with Crippen LogP contribution in [0.1, 0.15) is 28.9 Å². The van der Waals surface area contributed by atoms with Crippen LogP contribution in [0.4, 0.5) is 24.9 Å². The van der Waals surface area contributed by atoms with Crippen molar-refractivity contribution in [2.75, 3.05) is 49.1 Å². The zero-order valence-electron chi connectivity index (χ0n) is 16.2. The third-order valence-corrected chi connectivity index (χ3v) is 5.37. The molecule has 2 fully saturated rings. The monoisotopic (exact) mass is 405 g/mol. The Labute approximate surface area is 167 Å². The average molecular weight is 405 g/mol. The van der Waals surface area contributed by atoms with E-state index in [1.165, 1.54) is 4.90 Å². The summed E-state index contributed by atoms with van der Waals surface area (Å²) in [6.07, 6.45) is 2.30. The molecule has 6 nitrogen and oxygen atoms in total. The maximum atomic E-state index is 13.9. The van der Waals surface area contributed by atoms with Gasteiger partial charge in [0.25, 0.3) is 5.91 Å². The van der Waals surface area contributed by atoms with E-state index >= 15 is 0 Å². The Bertz CT molecular complexity index is 925. The summed E-state index contributed by atoms with van der Waals surface area (Å²) in [5, 5.41) is 0. The molecule has 0 N–H and O–H groups in total. The largest absolute Gasteiger partial charge is 0.356 e. The molecule has 1 aromatic carbocycles. The fourth-order valence-electron chi connectivity index (χ4n) is 3.76. The summed E-state index contributed by atoms with van der Waals surface area (Å²) in [4.78, 5) is 27.4. The van der Waals surface area contributed by atoms with E-state index in [-0.39, 0.29) is 0 Å². The zero-order chi connectivity index (χ0) is 20.5. The average Bonchev–Trinajstić information content (AvgIpc) is 3.26. The number of benzene rings is 1. The van der Waals surface area contributed by atoms with Gasteiger partial charge in [-0.3, -0.25) is 4.79 Å². The summed E-state index contributed by atoms with van der Waals surface area (Å²) in [5.41, 5.74) is 0.416. The van der Waals surface area contributed by atoms with E-state index in [0.29, 0.717) is 32.1 Å². The van der Waals surface area contributed by atoms with Gasteiger partial charge in [0.1, 0.15) is 5.82 Å². The van der Waals surface area contributed by atoms with Crippen LogP contribution in [0.15, 0.2) is 18.2 Å². The lowest BCUT2D eigenvalue weighted by atomic mass is 10.1. The predicted octanol–water partition coefficient (Wildman–Crippen LogP) is 2.76. The van der Waals surface area contributed by atoms with Crippen molar-refractivity contribution in [2.24, 2.45) is 0 Å². The van der Waals surface area contributed by atoms with Crippen molar-refractivity contribution in [2.45, 2.75) is 19.8 Å². The number of carbonyl (C=O) groups is 1. The number of halogens is 3. The Morgan fingerprint density at radius 2 is 1.59 bits per heavy atom. The molecule has 0 aliphatic carbocycles. The van der Waals surface area contributed by atoms with Crippen molar-refractivity contribution in [1.82, 2.24) is 14.9 Å². The highest BCUT2D eigenvalue weighted by Gasteiger charge is 2.27. The number of amides is 1. The van der Waals surface area contributed by atoms with Gasteiger partial charge in [-0.05, 0) is 31.9 Å². The molecule has 0 spiro atoms. The SMILES string of the molecule is Cc1cc(N2CCCC2)nc(N2CCN(C(=O)c3ccc(F)c(F)c3F)CC2)n1. The Balaban J connectivity index is 1.46. The number of carbonyl (C=O) groups excluding carboxylic acids is 1.